The summed E-state index contributed by atoms with van der Waals surface area (Å²) in [5.74, 6) is -0.166. The number of esters is 1. The molecule has 0 spiro atoms. The van der Waals surface area contributed by atoms with Gasteiger partial charge in [0.25, 0.3) is 0 Å². The number of hydrogen-bond donors (Lipinski definition) is 0. The molecule has 0 atom stereocenters. The maximum absolute atomic E-state index is 11.8. The largest absolute Gasteiger partial charge is 0.462 e. The number of ether oxygens (including phenoxy) is 1. The molecule has 1 heterocycles. The predicted octanol–water partition coefficient (Wildman–Crippen LogP) is 4.15. The first-order valence-corrected chi connectivity index (χ1v) is 8.08. The van der Waals surface area contributed by atoms with E-state index in [1.807, 2.05) is 61.5 Å². The molecule has 1 rings (SSSR count). The Hall–Kier alpha value is -0.805. The highest BCUT2D eigenvalue weighted by molar-refractivity contribution is 6.46. The monoisotopic (exact) mass is 310 g/mol. The Morgan fingerprint density at radius 3 is 2.00 bits per heavy atom. The molecule has 1 fully saturated rings. The van der Waals surface area contributed by atoms with Gasteiger partial charge in [0.1, 0.15) is 5.60 Å². The van der Waals surface area contributed by atoms with Crippen molar-refractivity contribution < 1.29 is 18.8 Å². The normalized spacial score (nSPS) is 21.1. The second-order valence-electron chi connectivity index (χ2n) is 7.92. The van der Waals surface area contributed by atoms with Gasteiger partial charge in [-0.3, -0.25) is 4.79 Å². The first-order chi connectivity index (χ1) is 9.86. The first kappa shape index (κ1) is 19.2. The summed E-state index contributed by atoms with van der Waals surface area (Å²) in [6, 6.07) is 0. The Morgan fingerprint density at radius 2 is 1.59 bits per heavy atom. The van der Waals surface area contributed by atoms with Crippen LogP contribution in [0.5, 0.6) is 0 Å². The fourth-order valence-corrected chi connectivity index (χ4v) is 2.28. The number of rotatable bonds is 5. The zero-order valence-electron chi connectivity index (χ0n) is 15.4. The minimum atomic E-state index is -0.432. The zero-order valence-corrected chi connectivity index (χ0v) is 15.4. The SMILES string of the molecule is C/C=C(/CCC(=O)OC(C)(C)C)CB1OC(C)(C)C(C)(C)O1. The molecule has 4 nitrogen and oxygen atoms in total. The van der Waals surface area contributed by atoms with Gasteiger partial charge in [-0.25, -0.2) is 0 Å². The van der Waals surface area contributed by atoms with E-state index in [2.05, 4.69) is 0 Å². The fraction of sp³-hybridized carbons (Fsp3) is 0.824. The van der Waals surface area contributed by atoms with Crippen LogP contribution in [-0.4, -0.2) is 29.9 Å². The molecule has 1 aliphatic rings. The van der Waals surface area contributed by atoms with Gasteiger partial charge in [0.2, 0.25) is 0 Å². The lowest BCUT2D eigenvalue weighted by Gasteiger charge is -2.32. The summed E-state index contributed by atoms with van der Waals surface area (Å²) >= 11 is 0. The number of hydrogen-bond acceptors (Lipinski definition) is 4. The van der Waals surface area contributed by atoms with Gasteiger partial charge in [-0.2, -0.15) is 0 Å². The van der Waals surface area contributed by atoms with Crippen LogP contribution < -0.4 is 0 Å². The molecule has 1 aliphatic heterocycles. The van der Waals surface area contributed by atoms with Gasteiger partial charge in [0.15, 0.2) is 0 Å². The van der Waals surface area contributed by atoms with Crippen LogP contribution >= 0.6 is 0 Å². The Labute approximate surface area is 135 Å². The topological polar surface area (TPSA) is 44.8 Å². The molecule has 0 unspecified atom stereocenters. The van der Waals surface area contributed by atoms with Crippen molar-refractivity contribution in [2.45, 2.75) is 91.4 Å². The highest BCUT2D eigenvalue weighted by Gasteiger charge is 2.50. The third kappa shape index (κ3) is 5.43. The molecular formula is C17H31BO4. The third-order valence-electron chi connectivity index (χ3n) is 4.21. The van der Waals surface area contributed by atoms with E-state index >= 15 is 0 Å². The highest BCUT2D eigenvalue weighted by atomic mass is 16.7. The molecule has 5 heteroatoms. The van der Waals surface area contributed by atoms with Crippen LogP contribution in [0.1, 0.15) is 68.2 Å². The van der Waals surface area contributed by atoms with Crippen LogP contribution in [-0.2, 0) is 18.8 Å². The molecule has 0 amide bonds. The van der Waals surface area contributed by atoms with E-state index in [0.29, 0.717) is 19.2 Å². The Bertz CT molecular complexity index is 416. The molecule has 0 aromatic rings. The molecule has 0 aromatic carbocycles. The van der Waals surface area contributed by atoms with Gasteiger partial charge >= 0.3 is 13.1 Å². The number of carbonyl (C=O) groups excluding carboxylic acids is 1. The van der Waals surface area contributed by atoms with Crippen LogP contribution in [0.2, 0.25) is 6.32 Å². The molecule has 0 radical (unpaired) electrons. The number of carbonyl (C=O) groups is 1. The molecule has 22 heavy (non-hydrogen) atoms. The lowest BCUT2D eigenvalue weighted by atomic mass is 9.79. The minimum Gasteiger partial charge on any atom is -0.460 e. The van der Waals surface area contributed by atoms with Crippen molar-refractivity contribution in [1.29, 1.82) is 0 Å². The summed E-state index contributed by atoms with van der Waals surface area (Å²) in [5, 5.41) is 0. The molecule has 0 saturated carbocycles. The van der Waals surface area contributed by atoms with E-state index in [1.54, 1.807) is 0 Å². The van der Waals surface area contributed by atoms with Crippen molar-refractivity contribution in [3.63, 3.8) is 0 Å². The summed E-state index contributed by atoms with van der Waals surface area (Å²) < 4.78 is 17.3. The summed E-state index contributed by atoms with van der Waals surface area (Å²) in [7, 11) is -0.255. The van der Waals surface area contributed by atoms with Crippen molar-refractivity contribution in [3.05, 3.63) is 11.6 Å². The minimum absolute atomic E-state index is 0.166. The second-order valence-corrected chi connectivity index (χ2v) is 7.92. The fourth-order valence-electron chi connectivity index (χ4n) is 2.28. The average molecular weight is 310 g/mol. The van der Waals surface area contributed by atoms with Crippen molar-refractivity contribution in [1.82, 2.24) is 0 Å². The van der Waals surface area contributed by atoms with E-state index in [-0.39, 0.29) is 24.3 Å². The van der Waals surface area contributed by atoms with Crippen molar-refractivity contribution >= 4 is 13.1 Å². The van der Waals surface area contributed by atoms with Gasteiger partial charge in [0.05, 0.1) is 11.2 Å². The van der Waals surface area contributed by atoms with Crippen molar-refractivity contribution in [2.24, 2.45) is 0 Å². The lowest BCUT2D eigenvalue weighted by molar-refractivity contribution is -0.154. The van der Waals surface area contributed by atoms with E-state index in [4.69, 9.17) is 14.0 Å². The molecule has 126 valence electrons. The van der Waals surface area contributed by atoms with Crippen LogP contribution in [0.4, 0.5) is 0 Å². The van der Waals surface area contributed by atoms with Gasteiger partial charge in [-0.05, 0) is 61.8 Å². The van der Waals surface area contributed by atoms with Crippen molar-refractivity contribution in [3.8, 4) is 0 Å². The smallest absolute Gasteiger partial charge is 0.460 e. The maximum Gasteiger partial charge on any atom is 0.462 e. The van der Waals surface area contributed by atoms with Gasteiger partial charge < -0.3 is 14.0 Å². The van der Waals surface area contributed by atoms with Gasteiger partial charge in [-0.15, -0.1) is 0 Å². The molecule has 0 N–H and O–H groups in total. The van der Waals surface area contributed by atoms with E-state index < -0.39 is 5.60 Å². The summed E-state index contributed by atoms with van der Waals surface area (Å²) in [6.07, 6.45) is 3.79. The Balaban J connectivity index is 2.50. The summed E-state index contributed by atoms with van der Waals surface area (Å²) in [6.45, 7) is 15.8. The van der Waals surface area contributed by atoms with Gasteiger partial charge in [-0.1, -0.05) is 11.6 Å². The molecule has 1 saturated heterocycles. The zero-order chi connectivity index (χ0) is 17.2. The van der Waals surface area contributed by atoms with Crippen LogP contribution in [0.25, 0.3) is 0 Å². The first-order valence-electron chi connectivity index (χ1n) is 8.08. The maximum atomic E-state index is 11.8. The van der Waals surface area contributed by atoms with Gasteiger partial charge in [0, 0.05) is 12.7 Å². The summed E-state index contributed by atoms with van der Waals surface area (Å²) in [4.78, 5) is 11.8. The quantitative estimate of drug-likeness (QED) is 0.435. The van der Waals surface area contributed by atoms with E-state index in [0.717, 1.165) is 5.57 Å². The number of allylic oxidation sites excluding steroid dienone is 2. The highest BCUT2D eigenvalue weighted by Crippen LogP contribution is 2.38. The Morgan fingerprint density at radius 1 is 1.09 bits per heavy atom. The standard InChI is InChI=1S/C17H31BO4/c1-9-13(10-11-14(19)20-15(2,3)4)12-18-21-16(5,6)17(7,8)22-18/h9H,10-12H2,1-8H3/b13-9-. The molecule has 0 aromatic heterocycles. The van der Waals surface area contributed by atoms with E-state index in [9.17, 15) is 4.79 Å². The average Bonchev–Trinajstić information content (AvgIpc) is 2.50. The molecule has 0 bridgehead atoms. The molecular weight excluding hydrogens is 279 g/mol. The second kappa shape index (κ2) is 6.75. The summed E-state index contributed by atoms with van der Waals surface area (Å²) in [5.41, 5.74) is 0.0896. The molecule has 0 aliphatic carbocycles. The van der Waals surface area contributed by atoms with Crippen molar-refractivity contribution in [2.75, 3.05) is 0 Å². The van der Waals surface area contributed by atoms with E-state index in [1.165, 1.54) is 0 Å². The predicted molar refractivity (Wildman–Crippen MR) is 89.7 cm³/mol. The third-order valence-corrected chi connectivity index (χ3v) is 4.21. The van der Waals surface area contributed by atoms with Crippen LogP contribution in [0.15, 0.2) is 11.6 Å². The van der Waals surface area contributed by atoms with Crippen LogP contribution in [0.3, 0.4) is 0 Å². The lowest BCUT2D eigenvalue weighted by Crippen LogP contribution is -2.41. The van der Waals surface area contributed by atoms with Crippen LogP contribution in [0, 0.1) is 0 Å². The Kier molecular flexibility index (Phi) is 5.91.